The van der Waals surface area contributed by atoms with E-state index in [1.807, 2.05) is 0 Å². The molecular formula is CH10F8LiO18P5S. The van der Waals surface area contributed by atoms with Gasteiger partial charge < -0.3 is 9.79 Å². The molecule has 210 valence electrons. The van der Waals surface area contributed by atoms with Gasteiger partial charge in [-0.25, -0.2) is 18.3 Å². The molecule has 0 saturated heterocycles. The monoisotopic (exact) mass is 656 g/mol. The molecule has 0 aliphatic heterocycles. The average molecular weight is 656 g/mol. The Labute approximate surface area is 193 Å². The SMILES string of the molecule is O=P(O)(O)F.O=P(O)(O)F.O=P(O)(O)F.O=P(O)(O)F.O=P([O-])(O)F.O=S(=O)(O)C(F)(F)F.[Li+]. The van der Waals surface area contributed by atoms with Crippen molar-refractivity contribution in [1.29, 1.82) is 0 Å². The zero-order chi connectivity index (χ0) is 29.5. The van der Waals surface area contributed by atoms with Crippen LogP contribution in [0.25, 0.3) is 0 Å². The first kappa shape index (κ1) is 51.4. The smallest absolute Gasteiger partial charge is 0.753 e. The van der Waals surface area contributed by atoms with Crippen molar-refractivity contribution < 1.29 is 138 Å². The van der Waals surface area contributed by atoms with Gasteiger partial charge in [0.2, 0.25) is 0 Å². The summed E-state index contributed by atoms with van der Waals surface area (Å²) in [6.07, 6.45) is 0. The van der Waals surface area contributed by atoms with Crippen LogP contribution in [0.1, 0.15) is 0 Å². The second kappa shape index (κ2) is 19.8. The molecule has 1 atom stereocenters. The molecule has 18 nitrogen and oxygen atoms in total. The minimum atomic E-state index is -5.84. The third-order valence-corrected chi connectivity index (χ3v) is 0.877. The minimum Gasteiger partial charge on any atom is -0.753 e. The van der Waals surface area contributed by atoms with Crippen LogP contribution >= 0.6 is 39.5 Å². The van der Waals surface area contributed by atoms with E-state index in [2.05, 4.69) is 0 Å². The summed E-state index contributed by atoms with van der Waals surface area (Å²) < 4.78 is 152. The summed E-state index contributed by atoms with van der Waals surface area (Å²) in [6, 6.07) is 0. The van der Waals surface area contributed by atoms with Crippen LogP contribution in [0, 0.1) is 0 Å². The van der Waals surface area contributed by atoms with Gasteiger partial charge in [-0.05, 0) is 0 Å². The Bertz CT molecular complexity index is 683. The van der Waals surface area contributed by atoms with Crippen LogP contribution in [0.5, 0.6) is 0 Å². The van der Waals surface area contributed by atoms with Gasteiger partial charge in [-0.2, -0.15) is 25.8 Å². The standard InChI is InChI=1S/CHF3O3S.5FH2O3P.Li/c2-1(3,4)8(5,6)7;5*1-5(2,3)4;/h(H,5,6,7);5*(H2,2,3,4);/q;;;;;;+1/p-1. The van der Waals surface area contributed by atoms with Crippen LogP contribution in [0.3, 0.4) is 0 Å². The van der Waals surface area contributed by atoms with Crippen LogP contribution in [-0.2, 0) is 32.9 Å². The molecule has 0 aromatic heterocycles. The van der Waals surface area contributed by atoms with E-state index in [4.69, 9.17) is 84.7 Å². The van der Waals surface area contributed by atoms with E-state index in [1.165, 1.54) is 0 Å². The van der Waals surface area contributed by atoms with Crippen LogP contribution in [0.15, 0.2) is 0 Å². The van der Waals surface area contributed by atoms with Gasteiger partial charge in [-0.15, -0.1) is 16.8 Å². The van der Waals surface area contributed by atoms with Crippen molar-refractivity contribution in [1.82, 2.24) is 0 Å². The van der Waals surface area contributed by atoms with E-state index in [-0.39, 0.29) is 18.9 Å². The number of halogens is 8. The van der Waals surface area contributed by atoms with Crippen LogP contribution in [0.2, 0.25) is 0 Å². The molecular weight excluding hydrogens is 646 g/mol. The zero-order valence-electron chi connectivity index (χ0n) is 14.9. The molecule has 0 saturated carbocycles. The van der Waals surface area contributed by atoms with Gasteiger partial charge >= 0.3 is 74.0 Å². The van der Waals surface area contributed by atoms with Crippen molar-refractivity contribution in [2.45, 2.75) is 5.51 Å². The first-order valence-electron chi connectivity index (χ1n) is 5.03. The molecule has 0 radical (unpaired) electrons. The van der Waals surface area contributed by atoms with E-state index < -0.39 is 55.2 Å². The van der Waals surface area contributed by atoms with Crippen molar-refractivity contribution in [3.05, 3.63) is 0 Å². The van der Waals surface area contributed by atoms with E-state index in [9.17, 15) is 34.2 Å². The molecule has 0 rings (SSSR count). The van der Waals surface area contributed by atoms with Gasteiger partial charge in [-0.3, -0.25) is 48.3 Å². The van der Waals surface area contributed by atoms with Gasteiger partial charge in [0.15, 0.2) is 0 Å². The van der Waals surface area contributed by atoms with Crippen molar-refractivity contribution in [3.63, 3.8) is 0 Å². The number of hydrogen-bond acceptors (Lipinski definition) is 8. The van der Waals surface area contributed by atoms with E-state index in [0.29, 0.717) is 0 Å². The maximum Gasteiger partial charge on any atom is 1.00 e. The van der Waals surface area contributed by atoms with Gasteiger partial charge in [0.25, 0.3) is 0 Å². The third kappa shape index (κ3) is 349. The summed E-state index contributed by atoms with van der Waals surface area (Å²) in [4.78, 5) is 71.1. The first-order chi connectivity index (χ1) is 13.2. The number of alkyl halides is 3. The Morgan fingerprint density at radius 2 is 0.588 bits per heavy atom. The van der Waals surface area contributed by atoms with Gasteiger partial charge in [0.1, 0.15) is 0 Å². The molecule has 0 aromatic carbocycles. The fraction of sp³-hybridized carbons (Fsp3) is 1.00. The molecule has 34 heavy (non-hydrogen) atoms. The zero-order valence-corrected chi connectivity index (χ0v) is 20.2. The predicted molar refractivity (Wildman–Crippen MR) is 81.1 cm³/mol. The van der Waals surface area contributed by atoms with E-state index >= 15 is 0 Å². The fourth-order valence-corrected chi connectivity index (χ4v) is 0. The fourth-order valence-electron chi connectivity index (χ4n) is 0. The quantitative estimate of drug-likeness (QED) is 0.0408. The first-order valence-corrected chi connectivity index (χ1v) is 13.9. The summed E-state index contributed by atoms with van der Waals surface area (Å²) in [5.41, 5.74) is -5.53. The molecule has 0 spiro atoms. The molecule has 0 bridgehead atoms. The van der Waals surface area contributed by atoms with Gasteiger partial charge in [-0.1, -0.05) is 0 Å². The minimum absolute atomic E-state index is 0. The second-order valence-electron chi connectivity index (χ2n) is 3.26. The van der Waals surface area contributed by atoms with Crippen LogP contribution in [0.4, 0.5) is 34.2 Å². The summed E-state index contributed by atoms with van der Waals surface area (Å²) >= 11 is 0. The molecule has 0 fully saturated rings. The summed E-state index contributed by atoms with van der Waals surface area (Å²) in [6.45, 7) is 0. The molecule has 0 heterocycles. The molecule has 0 aliphatic carbocycles. The Morgan fingerprint density at radius 3 is 0.588 bits per heavy atom. The largest absolute Gasteiger partial charge is 1.00 e. The van der Waals surface area contributed by atoms with E-state index in [0.717, 1.165) is 0 Å². The normalized spacial score (nSPS) is 13.4. The maximum absolute atomic E-state index is 10.7. The topological polar surface area (TPSA) is 345 Å². The Hall–Kier alpha value is 0.697. The van der Waals surface area contributed by atoms with E-state index in [1.54, 1.807) is 0 Å². The summed E-state index contributed by atoms with van der Waals surface area (Å²) in [7, 11) is -31.8. The average Bonchev–Trinajstić information content (AvgIpc) is 2.10. The second-order valence-corrected chi connectivity index (χ2v) is 9.36. The Morgan fingerprint density at radius 1 is 0.559 bits per heavy atom. The van der Waals surface area contributed by atoms with Gasteiger partial charge in [0, 0.05) is 0 Å². The molecule has 33 heteroatoms. The van der Waals surface area contributed by atoms with Crippen molar-refractivity contribution in [2.24, 2.45) is 0 Å². The van der Waals surface area contributed by atoms with Crippen LogP contribution < -0.4 is 23.8 Å². The van der Waals surface area contributed by atoms with Gasteiger partial charge in [0.05, 0.1) is 0 Å². The predicted octanol–water partition coefficient (Wildman–Crippen LogP) is -2.99. The Balaban J connectivity index is -0.0000000518. The number of rotatable bonds is 0. The molecule has 0 amide bonds. The molecule has 0 aliphatic rings. The molecule has 10 N–H and O–H groups in total. The van der Waals surface area contributed by atoms with Crippen molar-refractivity contribution in [2.75, 3.05) is 0 Å². The summed E-state index contributed by atoms with van der Waals surface area (Å²) in [5.74, 6) is 0. The Kier molecular flexibility index (Phi) is 29.9. The molecule has 1 unspecified atom stereocenters. The van der Waals surface area contributed by atoms with Crippen LogP contribution in [-0.4, -0.2) is 62.5 Å². The summed E-state index contributed by atoms with van der Waals surface area (Å²) in [5, 5.41) is 0. The van der Waals surface area contributed by atoms with Crippen molar-refractivity contribution >= 4 is 49.7 Å². The third-order valence-electron chi connectivity index (χ3n) is 0.292. The molecule has 0 aromatic rings. The number of hydrogen-bond donors (Lipinski definition) is 10. The van der Waals surface area contributed by atoms with Crippen molar-refractivity contribution in [3.8, 4) is 0 Å². The maximum atomic E-state index is 10.7.